The molecule has 0 aliphatic rings. The average Bonchev–Trinajstić information content (AvgIpc) is 3.20. The Morgan fingerprint density at radius 2 is 1.96 bits per heavy atom. The molecule has 0 atom stereocenters. The van der Waals surface area contributed by atoms with Gasteiger partial charge in [-0.05, 0) is 18.1 Å². The largest absolute Gasteiger partial charge is 0.335 e. The van der Waals surface area contributed by atoms with Crippen molar-refractivity contribution in [2.75, 3.05) is 7.05 Å². The average molecular weight is 327 g/mol. The first-order chi connectivity index (χ1) is 11.1. The maximum atomic E-state index is 12.3. The van der Waals surface area contributed by atoms with E-state index in [1.165, 1.54) is 16.9 Å². The van der Waals surface area contributed by atoms with E-state index in [-0.39, 0.29) is 5.91 Å². The first kappa shape index (κ1) is 15.4. The maximum Gasteiger partial charge on any atom is 0.284 e. The molecule has 7 heteroatoms. The second kappa shape index (κ2) is 6.70. The fraction of sp³-hybridized carbons (Fsp3) is 0.250. The van der Waals surface area contributed by atoms with E-state index in [0.717, 1.165) is 17.1 Å². The quantitative estimate of drug-likeness (QED) is 0.722. The van der Waals surface area contributed by atoms with Crippen molar-refractivity contribution in [1.29, 1.82) is 0 Å². The van der Waals surface area contributed by atoms with Crippen LogP contribution in [0.1, 0.15) is 25.9 Å². The number of imidazole rings is 1. The summed E-state index contributed by atoms with van der Waals surface area (Å²) in [4.78, 5) is 18.0. The summed E-state index contributed by atoms with van der Waals surface area (Å²) < 4.78 is 2.02. The first-order valence-electron chi connectivity index (χ1n) is 7.21. The van der Waals surface area contributed by atoms with Crippen molar-refractivity contribution in [3.8, 4) is 0 Å². The molecular formula is C16H17N5OS. The molecule has 0 radical (unpaired) electrons. The highest BCUT2D eigenvalue weighted by Gasteiger charge is 2.16. The topological polar surface area (TPSA) is 63.9 Å². The number of carbonyl (C=O) groups is 1. The van der Waals surface area contributed by atoms with Crippen LogP contribution in [0.15, 0.2) is 43.0 Å². The Kier molecular flexibility index (Phi) is 4.47. The van der Waals surface area contributed by atoms with Gasteiger partial charge in [0.15, 0.2) is 0 Å². The summed E-state index contributed by atoms with van der Waals surface area (Å²) in [5, 5.41) is 9.02. The summed E-state index contributed by atoms with van der Waals surface area (Å²) in [6, 6.07) is 8.23. The van der Waals surface area contributed by atoms with Gasteiger partial charge in [0.05, 0.1) is 6.33 Å². The lowest BCUT2D eigenvalue weighted by molar-refractivity contribution is 0.0784. The summed E-state index contributed by atoms with van der Waals surface area (Å²) in [5.74, 6) is -0.0990. The predicted molar refractivity (Wildman–Crippen MR) is 88.2 cm³/mol. The van der Waals surface area contributed by atoms with Crippen molar-refractivity contribution in [3.63, 3.8) is 0 Å². The van der Waals surface area contributed by atoms with Crippen molar-refractivity contribution in [1.82, 2.24) is 24.6 Å². The Labute approximate surface area is 138 Å². The van der Waals surface area contributed by atoms with Crippen LogP contribution in [-0.2, 0) is 13.1 Å². The molecule has 0 spiro atoms. The van der Waals surface area contributed by atoms with E-state index in [4.69, 9.17) is 0 Å². The van der Waals surface area contributed by atoms with Crippen LogP contribution in [0.25, 0.3) is 0 Å². The van der Waals surface area contributed by atoms with Gasteiger partial charge in [-0.2, -0.15) is 0 Å². The molecule has 1 aromatic carbocycles. The third kappa shape index (κ3) is 3.81. The van der Waals surface area contributed by atoms with Crippen LogP contribution in [-0.4, -0.2) is 37.6 Å². The molecule has 1 amide bonds. The molecule has 23 heavy (non-hydrogen) atoms. The molecule has 0 saturated heterocycles. The Morgan fingerprint density at radius 1 is 1.22 bits per heavy atom. The minimum absolute atomic E-state index is 0.0990. The normalized spacial score (nSPS) is 10.7. The fourth-order valence-corrected chi connectivity index (χ4v) is 2.92. The van der Waals surface area contributed by atoms with Gasteiger partial charge < -0.3 is 9.47 Å². The molecule has 2 heterocycles. The number of hydrogen-bond donors (Lipinski definition) is 0. The molecule has 3 aromatic rings. The van der Waals surface area contributed by atoms with Crippen LogP contribution < -0.4 is 0 Å². The van der Waals surface area contributed by atoms with Crippen LogP contribution in [0, 0.1) is 6.92 Å². The van der Waals surface area contributed by atoms with E-state index < -0.39 is 0 Å². The van der Waals surface area contributed by atoms with Crippen LogP contribution in [0.3, 0.4) is 0 Å². The maximum absolute atomic E-state index is 12.3. The number of hydrogen-bond acceptors (Lipinski definition) is 5. The highest BCUT2D eigenvalue weighted by Crippen LogP contribution is 2.13. The standard InChI is InChI=1S/C16H17N5OS/c1-12-18-19-15(23-12)16(22)20(2)9-13-3-5-14(6-4-13)10-21-8-7-17-11-21/h3-8,11H,9-10H2,1-2H3. The first-order valence-corrected chi connectivity index (χ1v) is 8.02. The van der Waals surface area contributed by atoms with Crippen molar-refractivity contribution in [2.24, 2.45) is 0 Å². The van der Waals surface area contributed by atoms with Gasteiger partial charge in [0, 0.05) is 32.5 Å². The molecule has 0 saturated carbocycles. The lowest BCUT2D eigenvalue weighted by atomic mass is 10.1. The highest BCUT2D eigenvalue weighted by molar-refractivity contribution is 7.13. The molecule has 0 fully saturated rings. The Bertz CT molecular complexity index is 779. The molecule has 2 aromatic heterocycles. The number of nitrogens with zero attached hydrogens (tertiary/aromatic N) is 5. The van der Waals surface area contributed by atoms with Gasteiger partial charge in [0.25, 0.3) is 5.91 Å². The molecule has 0 aliphatic carbocycles. The van der Waals surface area contributed by atoms with Gasteiger partial charge >= 0.3 is 0 Å². The molecule has 6 nitrogen and oxygen atoms in total. The number of aryl methyl sites for hydroxylation is 1. The van der Waals surface area contributed by atoms with E-state index in [2.05, 4.69) is 27.3 Å². The minimum Gasteiger partial charge on any atom is -0.335 e. The number of carbonyl (C=O) groups excluding carboxylic acids is 1. The van der Waals surface area contributed by atoms with Crippen molar-refractivity contribution >= 4 is 17.2 Å². The van der Waals surface area contributed by atoms with Crippen LogP contribution in [0.4, 0.5) is 0 Å². The lowest BCUT2D eigenvalue weighted by Crippen LogP contribution is -2.26. The van der Waals surface area contributed by atoms with Gasteiger partial charge in [0.2, 0.25) is 5.01 Å². The zero-order valence-electron chi connectivity index (χ0n) is 13.0. The number of benzene rings is 1. The summed E-state index contributed by atoms with van der Waals surface area (Å²) >= 11 is 1.32. The zero-order valence-corrected chi connectivity index (χ0v) is 13.8. The lowest BCUT2D eigenvalue weighted by Gasteiger charge is -2.15. The van der Waals surface area contributed by atoms with Crippen LogP contribution >= 0.6 is 11.3 Å². The summed E-state index contributed by atoms with van der Waals surface area (Å²) in [7, 11) is 1.78. The zero-order chi connectivity index (χ0) is 16.2. The third-order valence-corrected chi connectivity index (χ3v) is 4.25. The summed E-state index contributed by atoms with van der Waals surface area (Å²) in [6.45, 7) is 3.18. The molecule has 0 bridgehead atoms. The Hall–Kier alpha value is -2.54. The SMILES string of the molecule is Cc1nnc(C(=O)N(C)Cc2ccc(Cn3ccnc3)cc2)s1. The molecule has 3 rings (SSSR count). The minimum atomic E-state index is -0.0990. The Balaban J connectivity index is 1.62. The van der Waals surface area contributed by atoms with E-state index in [1.807, 2.05) is 29.8 Å². The summed E-state index contributed by atoms with van der Waals surface area (Å²) in [6.07, 6.45) is 5.50. The smallest absolute Gasteiger partial charge is 0.284 e. The fourth-order valence-electron chi connectivity index (χ4n) is 2.23. The highest BCUT2D eigenvalue weighted by atomic mass is 32.1. The molecule has 0 unspecified atom stereocenters. The van der Waals surface area contributed by atoms with Crippen molar-refractivity contribution in [3.05, 3.63) is 64.1 Å². The molecule has 118 valence electrons. The van der Waals surface area contributed by atoms with Crippen molar-refractivity contribution < 1.29 is 4.79 Å². The molecule has 0 N–H and O–H groups in total. The molecule has 0 aliphatic heterocycles. The van der Waals surface area contributed by atoms with E-state index in [1.54, 1.807) is 24.5 Å². The van der Waals surface area contributed by atoms with E-state index >= 15 is 0 Å². The summed E-state index contributed by atoms with van der Waals surface area (Å²) in [5.41, 5.74) is 2.27. The third-order valence-electron chi connectivity index (χ3n) is 3.42. The van der Waals surface area contributed by atoms with E-state index in [0.29, 0.717) is 11.6 Å². The van der Waals surface area contributed by atoms with Crippen LogP contribution in [0.5, 0.6) is 0 Å². The monoisotopic (exact) mass is 327 g/mol. The van der Waals surface area contributed by atoms with E-state index in [9.17, 15) is 4.79 Å². The molecular weight excluding hydrogens is 310 g/mol. The van der Waals surface area contributed by atoms with Gasteiger partial charge in [-0.15, -0.1) is 10.2 Å². The van der Waals surface area contributed by atoms with Gasteiger partial charge in [-0.25, -0.2) is 4.98 Å². The second-order valence-corrected chi connectivity index (χ2v) is 6.52. The van der Waals surface area contributed by atoms with Gasteiger partial charge in [0.1, 0.15) is 5.01 Å². The number of amides is 1. The van der Waals surface area contributed by atoms with Crippen LogP contribution in [0.2, 0.25) is 0 Å². The predicted octanol–water partition coefficient (Wildman–Crippen LogP) is 2.36. The van der Waals surface area contributed by atoms with Gasteiger partial charge in [-0.1, -0.05) is 35.6 Å². The number of rotatable bonds is 5. The van der Waals surface area contributed by atoms with Crippen molar-refractivity contribution in [2.45, 2.75) is 20.0 Å². The van der Waals surface area contributed by atoms with Gasteiger partial charge in [-0.3, -0.25) is 4.79 Å². The second-order valence-electron chi connectivity index (χ2n) is 5.34. The number of aromatic nitrogens is 4. The Morgan fingerprint density at radius 3 is 2.57 bits per heavy atom.